The van der Waals surface area contributed by atoms with Crippen molar-refractivity contribution in [3.63, 3.8) is 0 Å². The SMILES string of the molecule is O=S(O)OCCCC1CCNCC1. The zero-order valence-electron chi connectivity index (χ0n) is 7.70. The van der Waals surface area contributed by atoms with E-state index in [9.17, 15) is 4.21 Å². The summed E-state index contributed by atoms with van der Waals surface area (Å²) in [5.41, 5.74) is 0. The molecule has 1 atom stereocenters. The zero-order valence-corrected chi connectivity index (χ0v) is 8.52. The van der Waals surface area contributed by atoms with Crippen LogP contribution in [0.15, 0.2) is 0 Å². The summed E-state index contributed by atoms with van der Waals surface area (Å²) in [6.07, 6.45) is 4.44. The maximum atomic E-state index is 10.1. The molecule has 0 aromatic rings. The lowest BCUT2D eigenvalue weighted by molar-refractivity contribution is 0.271. The second-order valence-corrected chi connectivity index (χ2v) is 4.04. The molecule has 1 aliphatic rings. The second-order valence-electron chi connectivity index (χ2n) is 3.37. The van der Waals surface area contributed by atoms with Crippen LogP contribution in [0.4, 0.5) is 0 Å². The van der Waals surface area contributed by atoms with E-state index in [2.05, 4.69) is 9.50 Å². The van der Waals surface area contributed by atoms with Gasteiger partial charge in [0.05, 0.1) is 6.61 Å². The van der Waals surface area contributed by atoms with Gasteiger partial charge in [0, 0.05) is 0 Å². The maximum absolute atomic E-state index is 10.1. The first-order valence-electron chi connectivity index (χ1n) is 4.74. The van der Waals surface area contributed by atoms with Crippen molar-refractivity contribution in [3.05, 3.63) is 0 Å². The van der Waals surface area contributed by atoms with Crippen molar-refractivity contribution < 1.29 is 12.9 Å². The van der Waals surface area contributed by atoms with E-state index in [1.165, 1.54) is 12.8 Å². The molecule has 5 heteroatoms. The van der Waals surface area contributed by atoms with E-state index >= 15 is 0 Å². The highest BCUT2D eigenvalue weighted by Gasteiger charge is 2.12. The Morgan fingerprint density at radius 1 is 1.46 bits per heavy atom. The minimum atomic E-state index is -2.08. The molecule has 0 amide bonds. The summed E-state index contributed by atoms with van der Waals surface area (Å²) in [6, 6.07) is 0. The number of nitrogens with one attached hydrogen (secondary N) is 1. The minimum Gasteiger partial charge on any atom is -0.317 e. The van der Waals surface area contributed by atoms with Gasteiger partial charge in [-0.1, -0.05) is 0 Å². The van der Waals surface area contributed by atoms with Gasteiger partial charge < -0.3 is 5.32 Å². The third kappa shape index (κ3) is 5.36. The highest BCUT2D eigenvalue weighted by molar-refractivity contribution is 7.74. The van der Waals surface area contributed by atoms with Gasteiger partial charge in [0.1, 0.15) is 0 Å². The van der Waals surface area contributed by atoms with E-state index < -0.39 is 11.4 Å². The first kappa shape index (κ1) is 11.1. The summed E-state index contributed by atoms with van der Waals surface area (Å²) in [4.78, 5) is 0. The van der Waals surface area contributed by atoms with E-state index in [1.807, 2.05) is 0 Å². The van der Waals surface area contributed by atoms with E-state index in [0.29, 0.717) is 6.61 Å². The van der Waals surface area contributed by atoms with Gasteiger partial charge in [0.15, 0.2) is 0 Å². The van der Waals surface area contributed by atoms with Crippen molar-refractivity contribution >= 4 is 11.4 Å². The lowest BCUT2D eigenvalue weighted by atomic mass is 9.93. The summed E-state index contributed by atoms with van der Waals surface area (Å²) in [5.74, 6) is 0.775. The maximum Gasteiger partial charge on any atom is 0.301 e. The largest absolute Gasteiger partial charge is 0.317 e. The van der Waals surface area contributed by atoms with Crippen LogP contribution in [-0.2, 0) is 15.5 Å². The smallest absolute Gasteiger partial charge is 0.301 e. The summed E-state index contributed by atoms with van der Waals surface area (Å²) >= 11 is -2.08. The van der Waals surface area contributed by atoms with Crippen LogP contribution in [-0.4, -0.2) is 28.5 Å². The third-order valence-corrected chi connectivity index (χ3v) is 2.77. The average Bonchev–Trinajstić information content (AvgIpc) is 2.14. The van der Waals surface area contributed by atoms with Crippen LogP contribution in [0.2, 0.25) is 0 Å². The van der Waals surface area contributed by atoms with Crippen LogP contribution < -0.4 is 5.32 Å². The molecule has 0 bridgehead atoms. The van der Waals surface area contributed by atoms with Crippen LogP contribution in [0, 0.1) is 5.92 Å². The molecule has 0 saturated carbocycles. The summed E-state index contributed by atoms with van der Waals surface area (Å²) < 4.78 is 23.0. The summed E-state index contributed by atoms with van der Waals surface area (Å²) in [5, 5.41) is 3.30. The van der Waals surface area contributed by atoms with Crippen LogP contribution in [0.25, 0.3) is 0 Å². The number of rotatable bonds is 5. The van der Waals surface area contributed by atoms with Gasteiger partial charge in [0.25, 0.3) is 0 Å². The molecular weight excluding hydrogens is 190 g/mol. The molecule has 0 aromatic carbocycles. The molecule has 78 valence electrons. The monoisotopic (exact) mass is 207 g/mol. The minimum absolute atomic E-state index is 0.396. The predicted octanol–water partition coefficient (Wildman–Crippen LogP) is 0.919. The van der Waals surface area contributed by atoms with E-state index in [-0.39, 0.29) is 0 Å². The molecule has 1 unspecified atom stereocenters. The molecule has 1 saturated heterocycles. The van der Waals surface area contributed by atoms with E-state index in [0.717, 1.165) is 31.8 Å². The van der Waals surface area contributed by atoms with Crippen LogP contribution in [0.5, 0.6) is 0 Å². The number of piperidine rings is 1. The normalized spacial score (nSPS) is 21.6. The van der Waals surface area contributed by atoms with Crippen molar-refractivity contribution in [2.24, 2.45) is 5.92 Å². The van der Waals surface area contributed by atoms with Crippen LogP contribution in [0.3, 0.4) is 0 Å². The Morgan fingerprint density at radius 2 is 2.15 bits per heavy atom. The topological polar surface area (TPSA) is 58.6 Å². The van der Waals surface area contributed by atoms with Gasteiger partial charge in [-0.3, -0.25) is 8.74 Å². The Labute approximate surface area is 81.5 Å². The Hall–Kier alpha value is 0.0300. The lowest BCUT2D eigenvalue weighted by Crippen LogP contribution is -2.27. The van der Waals surface area contributed by atoms with Crippen molar-refractivity contribution in [1.29, 1.82) is 0 Å². The van der Waals surface area contributed by atoms with E-state index in [4.69, 9.17) is 4.55 Å². The number of hydrogen-bond acceptors (Lipinski definition) is 3. The summed E-state index contributed by atoms with van der Waals surface area (Å²) in [7, 11) is 0. The average molecular weight is 207 g/mol. The van der Waals surface area contributed by atoms with Crippen molar-refractivity contribution in [2.75, 3.05) is 19.7 Å². The Morgan fingerprint density at radius 3 is 2.77 bits per heavy atom. The molecule has 0 aliphatic carbocycles. The lowest BCUT2D eigenvalue weighted by Gasteiger charge is -2.22. The van der Waals surface area contributed by atoms with Gasteiger partial charge in [-0.25, -0.2) is 0 Å². The quantitative estimate of drug-likeness (QED) is 0.520. The van der Waals surface area contributed by atoms with Crippen LogP contribution >= 0.6 is 0 Å². The standard InChI is InChI=1S/C8H17NO3S/c10-13(11)12-7-1-2-8-3-5-9-6-4-8/h8-9H,1-7H2,(H,10,11). The summed E-state index contributed by atoms with van der Waals surface area (Å²) in [6.45, 7) is 2.61. The van der Waals surface area contributed by atoms with Crippen LogP contribution in [0.1, 0.15) is 25.7 Å². The number of hydrogen-bond donors (Lipinski definition) is 2. The Balaban J connectivity index is 1.95. The highest BCUT2D eigenvalue weighted by atomic mass is 32.2. The van der Waals surface area contributed by atoms with Crippen molar-refractivity contribution in [2.45, 2.75) is 25.7 Å². The third-order valence-electron chi connectivity index (χ3n) is 2.40. The van der Waals surface area contributed by atoms with Gasteiger partial charge in [0.2, 0.25) is 0 Å². The second kappa shape index (κ2) is 6.48. The fourth-order valence-electron chi connectivity index (χ4n) is 1.67. The Bertz CT molecular complexity index is 159. The molecule has 0 aromatic heterocycles. The first-order valence-corrected chi connectivity index (χ1v) is 5.77. The van der Waals surface area contributed by atoms with Crippen molar-refractivity contribution in [3.8, 4) is 0 Å². The molecule has 1 fully saturated rings. The van der Waals surface area contributed by atoms with Crippen molar-refractivity contribution in [1.82, 2.24) is 5.32 Å². The molecule has 1 aliphatic heterocycles. The van der Waals surface area contributed by atoms with Gasteiger partial charge in [-0.05, 0) is 44.7 Å². The van der Waals surface area contributed by atoms with Gasteiger partial charge in [-0.15, -0.1) is 0 Å². The molecule has 2 N–H and O–H groups in total. The molecule has 4 nitrogen and oxygen atoms in total. The first-order chi connectivity index (χ1) is 6.29. The molecule has 13 heavy (non-hydrogen) atoms. The molecular formula is C8H17NO3S. The zero-order chi connectivity index (χ0) is 9.52. The molecule has 0 radical (unpaired) electrons. The van der Waals surface area contributed by atoms with Gasteiger partial charge in [-0.2, -0.15) is 4.21 Å². The fraction of sp³-hybridized carbons (Fsp3) is 1.00. The highest BCUT2D eigenvalue weighted by Crippen LogP contribution is 2.17. The Kier molecular flexibility index (Phi) is 5.54. The predicted molar refractivity (Wildman–Crippen MR) is 51.6 cm³/mol. The fourth-order valence-corrected chi connectivity index (χ4v) is 1.93. The molecule has 1 heterocycles. The van der Waals surface area contributed by atoms with Gasteiger partial charge >= 0.3 is 11.4 Å². The van der Waals surface area contributed by atoms with E-state index in [1.54, 1.807) is 0 Å². The molecule has 0 spiro atoms. The molecule has 1 rings (SSSR count).